The number of aliphatic hydroxyl groups excluding tert-OH is 2. The zero-order valence-electron chi connectivity index (χ0n) is 18.6. The molecule has 0 saturated heterocycles. The molecule has 3 N–H and O–H groups in total. The third-order valence-electron chi connectivity index (χ3n) is 6.49. The van der Waals surface area contributed by atoms with Gasteiger partial charge in [-0.15, -0.1) is 0 Å². The molecule has 5 atom stereocenters. The Morgan fingerprint density at radius 3 is 2.67 bits per heavy atom. The molecular weight excluding hydrogens is 427 g/mol. The van der Waals surface area contributed by atoms with E-state index in [1.807, 2.05) is 24.3 Å². The summed E-state index contributed by atoms with van der Waals surface area (Å²) in [5.74, 6) is -1.38. The highest BCUT2D eigenvalue weighted by molar-refractivity contribution is 5.67. The van der Waals surface area contributed by atoms with Crippen LogP contribution in [0.3, 0.4) is 0 Å². The zero-order chi connectivity index (χ0) is 23.8. The molecular formula is C26H29FO6. The smallest absolute Gasteiger partial charge is 0.303 e. The number of halogens is 1. The molecule has 1 heterocycles. The third kappa shape index (κ3) is 4.75. The molecule has 0 amide bonds. The van der Waals surface area contributed by atoms with Gasteiger partial charge < -0.3 is 24.8 Å². The van der Waals surface area contributed by atoms with Crippen LogP contribution in [0, 0.1) is 5.92 Å². The van der Waals surface area contributed by atoms with Crippen molar-refractivity contribution < 1.29 is 34.0 Å². The first-order chi connectivity index (χ1) is 15.7. The first-order valence-corrected chi connectivity index (χ1v) is 11.1. The maximum atomic E-state index is 15.3. The Bertz CT molecular complexity index is 1030. The predicted molar refractivity (Wildman–Crippen MR) is 120 cm³/mol. The molecule has 1 saturated carbocycles. The quantitative estimate of drug-likeness (QED) is 0.556. The van der Waals surface area contributed by atoms with Crippen molar-refractivity contribution in [1.29, 1.82) is 0 Å². The monoisotopic (exact) mass is 456 g/mol. The second-order valence-corrected chi connectivity index (χ2v) is 9.26. The summed E-state index contributed by atoms with van der Waals surface area (Å²) in [6.07, 6.45) is -0.761. The second kappa shape index (κ2) is 9.15. The van der Waals surface area contributed by atoms with E-state index in [2.05, 4.69) is 0 Å². The Morgan fingerprint density at radius 1 is 1.24 bits per heavy atom. The molecule has 2 aliphatic rings. The van der Waals surface area contributed by atoms with Crippen molar-refractivity contribution in [3.8, 4) is 11.5 Å². The summed E-state index contributed by atoms with van der Waals surface area (Å²) in [6, 6.07) is 14.4. The van der Waals surface area contributed by atoms with Crippen molar-refractivity contribution in [3.63, 3.8) is 0 Å². The van der Waals surface area contributed by atoms with Gasteiger partial charge in [0.1, 0.15) is 35.1 Å². The number of para-hydroxylation sites is 2. The minimum Gasteiger partial charge on any atom is -0.489 e. The molecule has 2 aromatic rings. The largest absolute Gasteiger partial charge is 0.489 e. The lowest BCUT2D eigenvalue weighted by Crippen LogP contribution is -2.42. The van der Waals surface area contributed by atoms with Crippen LogP contribution in [-0.4, -0.2) is 45.2 Å². The molecule has 1 fully saturated rings. The van der Waals surface area contributed by atoms with E-state index in [0.29, 0.717) is 24.3 Å². The molecule has 33 heavy (non-hydrogen) atoms. The highest BCUT2D eigenvalue weighted by atomic mass is 19.1. The predicted octanol–water partition coefficient (Wildman–Crippen LogP) is 4.00. The van der Waals surface area contributed by atoms with Crippen LogP contribution >= 0.6 is 0 Å². The van der Waals surface area contributed by atoms with Gasteiger partial charge in [0.25, 0.3) is 0 Å². The lowest BCUT2D eigenvalue weighted by molar-refractivity contribution is -0.136. The summed E-state index contributed by atoms with van der Waals surface area (Å²) >= 11 is 0. The molecule has 0 unspecified atom stereocenters. The van der Waals surface area contributed by atoms with Crippen molar-refractivity contribution in [1.82, 2.24) is 0 Å². The van der Waals surface area contributed by atoms with E-state index in [9.17, 15) is 15.0 Å². The van der Waals surface area contributed by atoms with Crippen LogP contribution in [0.5, 0.6) is 11.5 Å². The molecule has 0 aromatic heterocycles. The number of rotatable bonds is 8. The average molecular weight is 457 g/mol. The van der Waals surface area contributed by atoms with Crippen molar-refractivity contribution >= 4 is 5.97 Å². The number of carboxylic acid groups (broad SMARTS) is 1. The molecule has 7 heteroatoms. The third-order valence-corrected chi connectivity index (χ3v) is 6.49. The van der Waals surface area contributed by atoms with Gasteiger partial charge in [0.05, 0.1) is 6.10 Å². The summed E-state index contributed by atoms with van der Waals surface area (Å²) in [7, 11) is 0. The van der Waals surface area contributed by atoms with Crippen molar-refractivity contribution in [2.75, 3.05) is 0 Å². The van der Waals surface area contributed by atoms with E-state index in [1.54, 1.807) is 38.1 Å². The average Bonchev–Trinajstić information content (AvgIpc) is 3.27. The summed E-state index contributed by atoms with van der Waals surface area (Å²) in [5.41, 5.74) is 0.390. The van der Waals surface area contributed by atoms with Gasteiger partial charge in [0, 0.05) is 30.2 Å². The van der Waals surface area contributed by atoms with E-state index in [1.165, 1.54) is 6.08 Å². The van der Waals surface area contributed by atoms with Crippen LogP contribution in [0.15, 0.2) is 60.4 Å². The number of hydrogen-bond acceptors (Lipinski definition) is 5. The Kier molecular flexibility index (Phi) is 6.45. The number of fused-ring (bicyclic) bond motifs is 3. The van der Waals surface area contributed by atoms with Crippen LogP contribution in [0.25, 0.3) is 0 Å². The summed E-state index contributed by atoms with van der Waals surface area (Å²) in [6.45, 7) is 3.21. The number of ether oxygens (including phenoxy) is 2. The van der Waals surface area contributed by atoms with E-state index in [-0.39, 0.29) is 18.4 Å². The lowest BCUT2D eigenvalue weighted by atomic mass is 9.85. The van der Waals surface area contributed by atoms with E-state index >= 15 is 4.39 Å². The van der Waals surface area contributed by atoms with E-state index in [4.69, 9.17) is 14.6 Å². The Hall–Kier alpha value is -2.90. The molecule has 4 rings (SSSR count). The molecule has 1 aliphatic carbocycles. The highest BCUT2D eigenvalue weighted by Crippen LogP contribution is 2.52. The maximum Gasteiger partial charge on any atom is 0.303 e. The van der Waals surface area contributed by atoms with Crippen LogP contribution in [0.4, 0.5) is 4.39 Å². The second-order valence-electron chi connectivity index (χ2n) is 9.26. The number of aliphatic carboxylic acids is 1. The van der Waals surface area contributed by atoms with Gasteiger partial charge in [-0.2, -0.15) is 0 Å². The molecule has 1 aliphatic heterocycles. The fraction of sp³-hybridized carbons (Fsp3) is 0.423. The number of aryl methyl sites for hydroxylation is 1. The zero-order valence-corrected chi connectivity index (χ0v) is 18.6. The number of hydrogen-bond donors (Lipinski definition) is 3. The molecule has 0 radical (unpaired) electrons. The summed E-state index contributed by atoms with van der Waals surface area (Å²) in [4.78, 5) is 11.0. The highest BCUT2D eigenvalue weighted by Gasteiger charge is 2.50. The fourth-order valence-corrected chi connectivity index (χ4v) is 4.83. The van der Waals surface area contributed by atoms with Gasteiger partial charge in [-0.1, -0.05) is 36.4 Å². The van der Waals surface area contributed by atoms with Crippen molar-refractivity contribution in [3.05, 3.63) is 71.6 Å². The van der Waals surface area contributed by atoms with Crippen molar-refractivity contribution in [2.45, 2.75) is 62.9 Å². The molecule has 176 valence electrons. The summed E-state index contributed by atoms with van der Waals surface area (Å²) < 4.78 is 27.2. The van der Waals surface area contributed by atoms with Gasteiger partial charge >= 0.3 is 5.97 Å². The van der Waals surface area contributed by atoms with Crippen LogP contribution in [0.1, 0.15) is 43.7 Å². The first-order valence-electron chi connectivity index (χ1n) is 11.1. The molecule has 0 bridgehead atoms. The van der Waals surface area contributed by atoms with Gasteiger partial charge in [-0.3, -0.25) is 4.79 Å². The van der Waals surface area contributed by atoms with Gasteiger partial charge in [0.15, 0.2) is 0 Å². The first kappa shape index (κ1) is 23.3. The van der Waals surface area contributed by atoms with Crippen molar-refractivity contribution in [2.24, 2.45) is 5.92 Å². The van der Waals surface area contributed by atoms with Crippen LogP contribution < -0.4 is 9.47 Å². The molecule has 0 spiro atoms. The van der Waals surface area contributed by atoms with Crippen LogP contribution in [-0.2, 0) is 11.2 Å². The molecule has 2 aromatic carbocycles. The Labute approximate surface area is 192 Å². The topological polar surface area (TPSA) is 96.2 Å². The van der Waals surface area contributed by atoms with Gasteiger partial charge in [-0.25, -0.2) is 4.39 Å². The number of benzene rings is 2. The number of carboxylic acids is 1. The van der Waals surface area contributed by atoms with E-state index < -0.39 is 35.5 Å². The SMILES string of the molecule is CC(C)(Oc1ccccc1)[C@@H](O)/C(F)=C/[C@@H]1[C@H]2c3cccc(CCC(=O)O)c3O[C@H]2C[C@H]1O. The number of carbonyl (C=O) groups is 1. The minimum atomic E-state index is -1.53. The summed E-state index contributed by atoms with van der Waals surface area (Å²) in [5, 5.41) is 30.4. The Balaban J connectivity index is 1.56. The lowest BCUT2D eigenvalue weighted by Gasteiger charge is -2.31. The number of aliphatic hydroxyl groups is 2. The van der Waals surface area contributed by atoms with E-state index in [0.717, 1.165) is 11.1 Å². The fourth-order valence-electron chi connectivity index (χ4n) is 4.83. The molecule has 6 nitrogen and oxygen atoms in total. The van der Waals surface area contributed by atoms with Gasteiger partial charge in [0.2, 0.25) is 0 Å². The van der Waals surface area contributed by atoms with Crippen LogP contribution in [0.2, 0.25) is 0 Å². The standard InChI is InChI=1S/C26H29FO6/c1-26(2,33-16-8-4-3-5-9-16)25(31)19(27)13-18-20(28)14-21-23(18)17-10-6-7-15(24(17)32-21)11-12-22(29)30/h3-10,13,18,20-21,23,25,28,31H,11-12,14H2,1-2H3,(H,29,30)/b19-13-/t18-,20+,21-,23+,25-/m0/s1. The Morgan fingerprint density at radius 2 is 1.97 bits per heavy atom. The maximum absolute atomic E-state index is 15.3. The minimum absolute atomic E-state index is 0.0155. The normalized spacial score (nSPS) is 25.2. The van der Waals surface area contributed by atoms with Gasteiger partial charge in [-0.05, 0) is 44.0 Å².